The Morgan fingerprint density at radius 2 is 2.14 bits per heavy atom. The van der Waals surface area contributed by atoms with Crippen molar-refractivity contribution in [3.63, 3.8) is 0 Å². The van der Waals surface area contributed by atoms with E-state index in [1.165, 1.54) is 0 Å². The minimum absolute atomic E-state index is 0.434. The predicted molar refractivity (Wildman–Crippen MR) is 60.1 cm³/mol. The van der Waals surface area contributed by atoms with Crippen LogP contribution in [0.2, 0.25) is 10.0 Å². The van der Waals surface area contributed by atoms with Crippen molar-refractivity contribution in [2.45, 2.75) is 12.5 Å². The zero-order valence-electron chi connectivity index (χ0n) is 7.93. The van der Waals surface area contributed by atoms with E-state index in [0.29, 0.717) is 23.0 Å². The summed E-state index contributed by atoms with van der Waals surface area (Å²) in [6.45, 7) is 0.544. The summed E-state index contributed by atoms with van der Waals surface area (Å²) >= 11 is 11.8. The first kappa shape index (κ1) is 11.8. The molecule has 2 nitrogen and oxygen atoms in total. The molecule has 1 unspecified atom stereocenters. The third-order valence-corrected chi connectivity index (χ3v) is 2.51. The fourth-order valence-corrected chi connectivity index (χ4v) is 1.65. The van der Waals surface area contributed by atoms with Gasteiger partial charge in [0.25, 0.3) is 0 Å². The SMILES string of the molecule is CNCC(O)Cc1cc(Cl)ccc1Cl. The zero-order valence-corrected chi connectivity index (χ0v) is 9.44. The first-order chi connectivity index (χ1) is 6.63. The van der Waals surface area contributed by atoms with Crippen molar-refractivity contribution in [1.29, 1.82) is 0 Å². The number of rotatable bonds is 4. The van der Waals surface area contributed by atoms with Gasteiger partial charge in [-0.2, -0.15) is 0 Å². The van der Waals surface area contributed by atoms with Gasteiger partial charge in [0, 0.05) is 23.0 Å². The predicted octanol–water partition coefficient (Wildman–Crippen LogP) is 2.12. The topological polar surface area (TPSA) is 32.3 Å². The monoisotopic (exact) mass is 233 g/mol. The molecule has 0 bridgehead atoms. The molecule has 0 aliphatic rings. The minimum atomic E-state index is -0.434. The summed E-state index contributed by atoms with van der Waals surface area (Å²) in [5, 5.41) is 13.7. The number of aliphatic hydroxyl groups excluding tert-OH is 1. The average Bonchev–Trinajstić information content (AvgIpc) is 2.12. The molecule has 0 heterocycles. The van der Waals surface area contributed by atoms with Crippen LogP contribution in [0.3, 0.4) is 0 Å². The Hall–Kier alpha value is -0.280. The molecule has 0 fully saturated rings. The summed E-state index contributed by atoms with van der Waals surface area (Å²) in [6, 6.07) is 5.26. The Morgan fingerprint density at radius 3 is 2.79 bits per heavy atom. The summed E-state index contributed by atoms with van der Waals surface area (Å²) in [6.07, 6.45) is 0.0798. The van der Waals surface area contributed by atoms with Crippen molar-refractivity contribution in [2.24, 2.45) is 0 Å². The van der Waals surface area contributed by atoms with Crippen LogP contribution >= 0.6 is 23.2 Å². The maximum atomic E-state index is 9.55. The van der Waals surface area contributed by atoms with E-state index in [2.05, 4.69) is 5.32 Å². The van der Waals surface area contributed by atoms with Crippen molar-refractivity contribution < 1.29 is 5.11 Å². The van der Waals surface area contributed by atoms with Gasteiger partial charge < -0.3 is 10.4 Å². The van der Waals surface area contributed by atoms with Crippen LogP contribution in [0, 0.1) is 0 Å². The van der Waals surface area contributed by atoms with E-state index >= 15 is 0 Å². The lowest BCUT2D eigenvalue weighted by molar-refractivity contribution is 0.175. The highest BCUT2D eigenvalue weighted by Gasteiger charge is 2.07. The molecule has 0 saturated carbocycles. The number of halogens is 2. The molecule has 0 spiro atoms. The van der Waals surface area contributed by atoms with Crippen LogP contribution in [0.4, 0.5) is 0 Å². The Labute approximate surface area is 93.8 Å². The van der Waals surface area contributed by atoms with Crippen LogP contribution < -0.4 is 5.32 Å². The van der Waals surface area contributed by atoms with E-state index in [4.69, 9.17) is 23.2 Å². The number of hydrogen-bond donors (Lipinski definition) is 2. The van der Waals surface area contributed by atoms with Gasteiger partial charge in [0.05, 0.1) is 6.10 Å². The van der Waals surface area contributed by atoms with Crippen LogP contribution in [-0.4, -0.2) is 24.8 Å². The van der Waals surface area contributed by atoms with Crippen molar-refractivity contribution in [3.8, 4) is 0 Å². The number of nitrogens with one attached hydrogen (secondary N) is 1. The summed E-state index contributed by atoms with van der Waals surface area (Å²) in [7, 11) is 1.79. The zero-order chi connectivity index (χ0) is 10.6. The van der Waals surface area contributed by atoms with Crippen molar-refractivity contribution in [1.82, 2.24) is 5.32 Å². The molecule has 4 heteroatoms. The largest absolute Gasteiger partial charge is 0.391 e. The Balaban J connectivity index is 2.70. The molecule has 2 N–H and O–H groups in total. The molecule has 0 aliphatic heterocycles. The van der Waals surface area contributed by atoms with Gasteiger partial charge in [0.1, 0.15) is 0 Å². The number of hydrogen-bond acceptors (Lipinski definition) is 2. The molecular weight excluding hydrogens is 221 g/mol. The molecule has 0 saturated heterocycles. The normalized spacial score (nSPS) is 12.9. The van der Waals surface area contributed by atoms with Gasteiger partial charge in [-0.15, -0.1) is 0 Å². The quantitative estimate of drug-likeness (QED) is 0.836. The second-order valence-electron chi connectivity index (χ2n) is 3.15. The second-order valence-corrected chi connectivity index (χ2v) is 3.99. The van der Waals surface area contributed by atoms with E-state index in [0.717, 1.165) is 5.56 Å². The molecule has 0 aliphatic carbocycles. The van der Waals surface area contributed by atoms with Crippen LogP contribution in [0.1, 0.15) is 5.56 Å². The van der Waals surface area contributed by atoms with Crippen molar-refractivity contribution >= 4 is 23.2 Å². The summed E-state index contributed by atoms with van der Waals surface area (Å²) in [5.74, 6) is 0. The van der Waals surface area contributed by atoms with Gasteiger partial charge in [-0.1, -0.05) is 23.2 Å². The van der Waals surface area contributed by atoms with Crippen LogP contribution in [-0.2, 0) is 6.42 Å². The highest BCUT2D eigenvalue weighted by Crippen LogP contribution is 2.21. The fourth-order valence-electron chi connectivity index (χ4n) is 1.26. The van der Waals surface area contributed by atoms with Crippen LogP contribution in [0.15, 0.2) is 18.2 Å². The molecule has 1 atom stereocenters. The third-order valence-electron chi connectivity index (χ3n) is 1.90. The third kappa shape index (κ3) is 3.46. The molecular formula is C10H13Cl2NO. The first-order valence-electron chi connectivity index (χ1n) is 4.40. The number of benzene rings is 1. The number of likely N-dealkylation sites (N-methyl/N-ethyl adjacent to an activating group) is 1. The highest BCUT2D eigenvalue weighted by atomic mass is 35.5. The van der Waals surface area contributed by atoms with Crippen molar-refractivity contribution in [3.05, 3.63) is 33.8 Å². The fraction of sp³-hybridized carbons (Fsp3) is 0.400. The van der Waals surface area contributed by atoms with Gasteiger partial charge >= 0.3 is 0 Å². The molecule has 78 valence electrons. The van der Waals surface area contributed by atoms with Gasteiger partial charge in [-0.3, -0.25) is 0 Å². The van der Waals surface area contributed by atoms with Gasteiger partial charge in [-0.25, -0.2) is 0 Å². The number of aliphatic hydroxyl groups is 1. The molecule has 1 aromatic carbocycles. The standard InChI is InChI=1S/C10H13Cl2NO/c1-13-6-9(14)5-7-4-8(11)2-3-10(7)12/h2-4,9,13-14H,5-6H2,1H3. The summed E-state index contributed by atoms with van der Waals surface area (Å²) in [4.78, 5) is 0. The van der Waals surface area contributed by atoms with E-state index in [-0.39, 0.29) is 0 Å². The lowest BCUT2D eigenvalue weighted by Gasteiger charge is -2.11. The second kappa shape index (κ2) is 5.56. The van der Waals surface area contributed by atoms with E-state index in [1.54, 1.807) is 25.2 Å². The van der Waals surface area contributed by atoms with Crippen LogP contribution in [0.5, 0.6) is 0 Å². The molecule has 1 aromatic rings. The first-order valence-corrected chi connectivity index (χ1v) is 5.15. The van der Waals surface area contributed by atoms with Crippen LogP contribution in [0.25, 0.3) is 0 Å². The van der Waals surface area contributed by atoms with Crippen molar-refractivity contribution in [2.75, 3.05) is 13.6 Å². The average molecular weight is 234 g/mol. The lowest BCUT2D eigenvalue weighted by Crippen LogP contribution is -2.25. The minimum Gasteiger partial charge on any atom is -0.391 e. The Morgan fingerprint density at radius 1 is 1.43 bits per heavy atom. The molecule has 0 amide bonds. The van der Waals surface area contributed by atoms with Gasteiger partial charge in [-0.05, 0) is 30.8 Å². The molecule has 0 aromatic heterocycles. The van der Waals surface area contributed by atoms with Gasteiger partial charge in [0.15, 0.2) is 0 Å². The maximum Gasteiger partial charge on any atom is 0.0705 e. The van der Waals surface area contributed by atoms with E-state index in [9.17, 15) is 5.11 Å². The summed E-state index contributed by atoms with van der Waals surface area (Å²) in [5.41, 5.74) is 0.877. The van der Waals surface area contributed by atoms with E-state index in [1.807, 2.05) is 0 Å². The smallest absolute Gasteiger partial charge is 0.0705 e. The molecule has 14 heavy (non-hydrogen) atoms. The van der Waals surface area contributed by atoms with E-state index < -0.39 is 6.10 Å². The molecule has 0 radical (unpaired) electrons. The summed E-state index contributed by atoms with van der Waals surface area (Å²) < 4.78 is 0. The highest BCUT2D eigenvalue weighted by molar-refractivity contribution is 6.33. The Bertz CT molecular complexity index is 304. The maximum absolute atomic E-state index is 9.55. The Kier molecular flexibility index (Phi) is 4.69. The van der Waals surface area contributed by atoms with Gasteiger partial charge in [0.2, 0.25) is 0 Å². The lowest BCUT2D eigenvalue weighted by atomic mass is 10.1. The molecule has 1 rings (SSSR count).